The van der Waals surface area contributed by atoms with Gasteiger partial charge >= 0.3 is 0 Å². The van der Waals surface area contributed by atoms with E-state index in [2.05, 4.69) is 51.0 Å². The summed E-state index contributed by atoms with van der Waals surface area (Å²) in [4.78, 5) is 0. The summed E-state index contributed by atoms with van der Waals surface area (Å²) < 4.78 is 1.07. The second kappa shape index (κ2) is 5.72. The molecule has 0 heterocycles. The highest BCUT2D eigenvalue weighted by Crippen LogP contribution is 2.05. The van der Waals surface area contributed by atoms with E-state index in [1.807, 2.05) is 6.08 Å². The molecule has 0 saturated carbocycles. The Morgan fingerprint density at radius 3 is 2.40 bits per heavy atom. The van der Waals surface area contributed by atoms with Crippen LogP contribution in [-0.2, 0) is 6.42 Å². The molecule has 0 unspecified atom stereocenters. The Morgan fingerprint density at radius 2 is 1.80 bits per heavy atom. The second-order valence-electron chi connectivity index (χ2n) is 4.70. The lowest BCUT2D eigenvalue weighted by molar-refractivity contribution is -0.889. The van der Waals surface area contributed by atoms with Crippen LogP contribution in [0.15, 0.2) is 43.0 Å². The van der Waals surface area contributed by atoms with E-state index in [9.17, 15) is 0 Å². The van der Waals surface area contributed by atoms with Crippen LogP contribution in [0.5, 0.6) is 0 Å². The molecule has 0 spiro atoms. The predicted octanol–water partition coefficient (Wildman–Crippen LogP) is 2.88. The molecule has 1 aromatic rings. The molecular formula is C14H22N+. The van der Waals surface area contributed by atoms with E-state index >= 15 is 0 Å². The van der Waals surface area contributed by atoms with Crippen molar-refractivity contribution in [3.05, 3.63) is 48.6 Å². The standard InChI is InChI=1S/C14H22N/c1-4-5-12-15(2,3)13-11-14-9-7-6-8-10-14/h4,6-10H,1,5,11-13H2,2-3H3/q+1. The molecule has 1 heteroatoms. The van der Waals surface area contributed by atoms with Crippen molar-refractivity contribution in [3.8, 4) is 0 Å². The Bertz CT molecular complexity index is 287. The summed E-state index contributed by atoms with van der Waals surface area (Å²) in [6.07, 6.45) is 4.26. The summed E-state index contributed by atoms with van der Waals surface area (Å²) in [5.41, 5.74) is 1.43. The lowest BCUT2D eigenvalue weighted by atomic mass is 10.1. The molecule has 0 aliphatic carbocycles. The average Bonchev–Trinajstić information content (AvgIpc) is 2.25. The summed E-state index contributed by atoms with van der Waals surface area (Å²) in [5, 5.41) is 0. The van der Waals surface area contributed by atoms with Crippen molar-refractivity contribution in [2.45, 2.75) is 12.8 Å². The van der Waals surface area contributed by atoms with Gasteiger partial charge in [0.2, 0.25) is 0 Å². The Balaban J connectivity index is 2.39. The van der Waals surface area contributed by atoms with Crippen LogP contribution in [0.1, 0.15) is 12.0 Å². The van der Waals surface area contributed by atoms with Gasteiger partial charge in [0.05, 0.1) is 27.2 Å². The highest BCUT2D eigenvalue weighted by molar-refractivity contribution is 5.14. The van der Waals surface area contributed by atoms with E-state index in [-0.39, 0.29) is 0 Å². The zero-order chi connectivity index (χ0) is 11.1. The first kappa shape index (κ1) is 12.0. The molecule has 0 bridgehead atoms. The van der Waals surface area contributed by atoms with E-state index in [0.29, 0.717) is 0 Å². The van der Waals surface area contributed by atoms with Gasteiger partial charge in [-0.05, 0) is 5.56 Å². The molecule has 0 saturated heterocycles. The topological polar surface area (TPSA) is 0 Å². The van der Waals surface area contributed by atoms with Crippen molar-refractivity contribution >= 4 is 0 Å². The summed E-state index contributed by atoms with van der Waals surface area (Å²) in [6.45, 7) is 6.14. The molecule has 0 radical (unpaired) electrons. The van der Waals surface area contributed by atoms with Crippen molar-refractivity contribution < 1.29 is 4.48 Å². The first-order valence-electron chi connectivity index (χ1n) is 5.61. The number of benzene rings is 1. The third-order valence-corrected chi connectivity index (χ3v) is 2.79. The van der Waals surface area contributed by atoms with Crippen LogP contribution >= 0.6 is 0 Å². The second-order valence-corrected chi connectivity index (χ2v) is 4.70. The van der Waals surface area contributed by atoms with Crippen LogP contribution in [0.2, 0.25) is 0 Å². The number of rotatable bonds is 6. The lowest BCUT2D eigenvalue weighted by Gasteiger charge is -2.29. The normalized spacial score (nSPS) is 11.3. The van der Waals surface area contributed by atoms with Crippen molar-refractivity contribution in [2.24, 2.45) is 0 Å². The lowest BCUT2D eigenvalue weighted by Crippen LogP contribution is -2.41. The summed E-state index contributed by atoms with van der Waals surface area (Å²) in [7, 11) is 4.57. The third kappa shape index (κ3) is 4.80. The number of nitrogens with zero attached hydrogens (tertiary/aromatic N) is 1. The average molecular weight is 204 g/mol. The van der Waals surface area contributed by atoms with Crippen LogP contribution in [0, 0.1) is 0 Å². The van der Waals surface area contributed by atoms with Crippen molar-refractivity contribution in [1.29, 1.82) is 0 Å². The molecule has 0 fully saturated rings. The number of hydrogen-bond donors (Lipinski definition) is 0. The van der Waals surface area contributed by atoms with Gasteiger partial charge in [-0.1, -0.05) is 36.4 Å². The smallest absolute Gasteiger partial charge is 0.0823 e. The molecule has 0 amide bonds. The third-order valence-electron chi connectivity index (χ3n) is 2.79. The molecule has 0 N–H and O–H groups in total. The summed E-state index contributed by atoms with van der Waals surface area (Å²) in [6, 6.07) is 10.7. The van der Waals surface area contributed by atoms with Crippen molar-refractivity contribution in [1.82, 2.24) is 0 Å². The van der Waals surface area contributed by atoms with Gasteiger partial charge in [-0.25, -0.2) is 0 Å². The van der Waals surface area contributed by atoms with E-state index in [0.717, 1.165) is 17.3 Å². The SMILES string of the molecule is C=CCC[N+](C)(C)CCc1ccccc1. The zero-order valence-corrected chi connectivity index (χ0v) is 9.95. The van der Waals surface area contributed by atoms with E-state index in [4.69, 9.17) is 0 Å². The van der Waals surface area contributed by atoms with Gasteiger partial charge < -0.3 is 4.48 Å². The van der Waals surface area contributed by atoms with Crippen molar-refractivity contribution in [3.63, 3.8) is 0 Å². The minimum Gasteiger partial charge on any atom is -0.328 e. The fourth-order valence-electron chi connectivity index (χ4n) is 1.63. The Kier molecular flexibility index (Phi) is 4.57. The quantitative estimate of drug-likeness (QED) is 0.494. The fourth-order valence-corrected chi connectivity index (χ4v) is 1.63. The molecular weight excluding hydrogens is 182 g/mol. The molecule has 0 aliphatic heterocycles. The molecule has 82 valence electrons. The minimum atomic E-state index is 1.07. The highest BCUT2D eigenvalue weighted by atomic mass is 15.3. The van der Waals surface area contributed by atoms with Gasteiger partial charge in [-0.15, -0.1) is 6.58 Å². The predicted molar refractivity (Wildman–Crippen MR) is 66.8 cm³/mol. The van der Waals surface area contributed by atoms with Gasteiger partial charge in [0, 0.05) is 12.8 Å². The largest absolute Gasteiger partial charge is 0.328 e. The summed E-state index contributed by atoms with van der Waals surface area (Å²) in [5.74, 6) is 0. The maximum Gasteiger partial charge on any atom is 0.0823 e. The summed E-state index contributed by atoms with van der Waals surface area (Å²) >= 11 is 0. The molecule has 0 aromatic heterocycles. The molecule has 1 nitrogen and oxygen atoms in total. The van der Waals surface area contributed by atoms with Gasteiger partial charge in [0.25, 0.3) is 0 Å². The van der Waals surface area contributed by atoms with Gasteiger partial charge in [-0.2, -0.15) is 0 Å². The van der Waals surface area contributed by atoms with E-state index in [1.165, 1.54) is 18.7 Å². The number of quaternary nitrogens is 1. The minimum absolute atomic E-state index is 1.07. The molecule has 1 aromatic carbocycles. The highest BCUT2D eigenvalue weighted by Gasteiger charge is 2.12. The van der Waals surface area contributed by atoms with Gasteiger partial charge in [0.15, 0.2) is 0 Å². The first-order valence-corrected chi connectivity index (χ1v) is 5.61. The number of hydrogen-bond acceptors (Lipinski definition) is 0. The van der Waals surface area contributed by atoms with E-state index in [1.54, 1.807) is 0 Å². The molecule has 0 aliphatic rings. The van der Waals surface area contributed by atoms with Gasteiger partial charge in [-0.3, -0.25) is 0 Å². The molecule has 1 rings (SSSR count). The van der Waals surface area contributed by atoms with Crippen LogP contribution in [-0.4, -0.2) is 31.7 Å². The Labute approximate surface area is 93.6 Å². The Morgan fingerprint density at radius 1 is 1.13 bits per heavy atom. The van der Waals surface area contributed by atoms with Crippen LogP contribution in [0.3, 0.4) is 0 Å². The van der Waals surface area contributed by atoms with Gasteiger partial charge in [0.1, 0.15) is 0 Å². The Hall–Kier alpha value is -1.08. The van der Waals surface area contributed by atoms with Crippen molar-refractivity contribution in [2.75, 3.05) is 27.2 Å². The molecule has 15 heavy (non-hydrogen) atoms. The monoisotopic (exact) mass is 204 g/mol. The van der Waals surface area contributed by atoms with Crippen LogP contribution in [0.25, 0.3) is 0 Å². The maximum absolute atomic E-state index is 3.77. The van der Waals surface area contributed by atoms with Crippen LogP contribution in [0.4, 0.5) is 0 Å². The maximum atomic E-state index is 3.77. The van der Waals surface area contributed by atoms with Crippen LogP contribution < -0.4 is 0 Å². The zero-order valence-electron chi connectivity index (χ0n) is 9.95. The first-order chi connectivity index (χ1) is 7.14. The fraction of sp³-hybridized carbons (Fsp3) is 0.429. The number of likely N-dealkylation sites (N-methyl/N-ethyl adjacent to an activating group) is 1. The van der Waals surface area contributed by atoms with E-state index < -0.39 is 0 Å². The molecule has 0 atom stereocenters.